The van der Waals surface area contributed by atoms with Gasteiger partial charge in [0, 0.05) is 49.0 Å². The second-order valence-electron chi connectivity index (χ2n) is 12.0. The van der Waals surface area contributed by atoms with Crippen LogP contribution in [0.1, 0.15) is 43.0 Å². The quantitative estimate of drug-likeness (QED) is 0.147. The third-order valence-corrected chi connectivity index (χ3v) is 8.01. The van der Waals surface area contributed by atoms with Crippen LogP contribution in [0.5, 0.6) is 0 Å². The minimum absolute atomic E-state index is 0.142. The first kappa shape index (κ1) is 35.8. The van der Waals surface area contributed by atoms with E-state index in [9.17, 15) is 9.59 Å². The van der Waals surface area contributed by atoms with Gasteiger partial charge in [-0.2, -0.15) is 0 Å². The Hall–Kier alpha value is -6.98. The summed E-state index contributed by atoms with van der Waals surface area (Å²) in [6.45, 7) is 5.06. The molecule has 0 aliphatic carbocycles. The third-order valence-electron chi connectivity index (χ3n) is 8.01. The van der Waals surface area contributed by atoms with Crippen LogP contribution < -0.4 is 11.1 Å². The van der Waals surface area contributed by atoms with Crippen LogP contribution in [0.4, 0.5) is 0 Å². The van der Waals surface area contributed by atoms with Gasteiger partial charge in [-0.1, -0.05) is 36.4 Å². The lowest BCUT2D eigenvalue weighted by Gasteiger charge is -2.05. The number of amides is 1. The topological polar surface area (TPSA) is 170 Å². The number of fused-ring (bicyclic) bond motifs is 2. The number of carboxylic acid groups (broad SMARTS) is 1. The molecular weight excluding hydrogens is 668 g/mol. The van der Waals surface area contributed by atoms with Gasteiger partial charge in [-0.05, 0) is 109 Å². The molecule has 11 heteroatoms. The molecule has 8 aromatic rings. The SMILES string of the molecule is Cc1ccc2nc(-c3ccc(CN)cc3)oc2c1.Cc1ccc2nc(-c3ccc(CNC(=O)c4cccnc4)cc3)oc2c1.O=C(O)c1cccnc1. The lowest BCUT2D eigenvalue weighted by atomic mass is 10.1. The largest absolute Gasteiger partial charge is 0.478 e. The van der Waals surface area contributed by atoms with Gasteiger partial charge in [0.2, 0.25) is 11.8 Å². The number of rotatable bonds is 7. The Kier molecular flexibility index (Phi) is 11.4. The van der Waals surface area contributed by atoms with Crippen LogP contribution in [0.2, 0.25) is 0 Å². The van der Waals surface area contributed by atoms with Crippen molar-refractivity contribution in [2.45, 2.75) is 26.9 Å². The first-order chi connectivity index (χ1) is 25.7. The number of hydrogen-bond acceptors (Lipinski definition) is 9. The summed E-state index contributed by atoms with van der Waals surface area (Å²) in [5.41, 5.74) is 16.0. The number of aromatic carboxylic acids is 1. The fourth-order valence-electron chi connectivity index (χ4n) is 5.13. The van der Waals surface area contributed by atoms with Gasteiger partial charge in [0.25, 0.3) is 5.91 Å². The monoisotopic (exact) mass is 704 g/mol. The summed E-state index contributed by atoms with van der Waals surface area (Å²) in [6, 6.07) is 34.3. The van der Waals surface area contributed by atoms with Crippen LogP contribution in [0.3, 0.4) is 0 Å². The molecule has 0 atom stereocenters. The van der Waals surface area contributed by atoms with Crippen LogP contribution >= 0.6 is 0 Å². The highest BCUT2D eigenvalue weighted by molar-refractivity contribution is 5.93. The third kappa shape index (κ3) is 9.43. The fourth-order valence-corrected chi connectivity index (χ4v) is 5.13. The van der Waals surface area contributed by atoms with E-state index in [1.807, 2.05) is 98.8 Å². The standard InChI is InChI=1S/C21H17N3O2.C15H14N2O.C6H5NO2/c1-14-4-9-18-19(11-14)26-21(24-18)16-7-5-15(6-8-16)12-23-20(25)17-3-2-10-22-13-17;1-10-2-7-13-14(8-10)18-15(17-13)12-5-3-11(9-16)4-6-12;8-6(9)5-2-1-3-7-4-5/h2-11,13H,12H2,1H3,(H,23,25);2-8H,9,16H2,1H3;1-4H,(H,8,9). The molecule has 1 amide bonds. The maximum Gasteiger partial charge on any atom is 0.337 e. The van der Waals surface area contributed by atoms with Gasteiger partial charge in [-0.15, -0.1) is 0 Å². The summed E-state index contributed by atoms with van der Waals surface area (Å²) in [7, 11) is 0. The van der Waals surface area contributed by atoms with Crippen molar-refractivity contribution < 1.29 is 23.5 Å². The summed E-state index contributed by atoms with van der Waals surface area (Å²) in [5, 5.41) is 11.2. The van der Waals surface area contributed by atoms with Gasteiger partial charge in [0.05, 0.1) is 11.1 Å². The molecule has 0 bridgehead atoms. The van der Waals surface area contributed by atoms with Gasteiger partial charge >= 0.3 is 5.97 Å². The number of benzene rings is 4. The number of nitrogens with one attached hydrogen (secondary N) is 1. The van der Waals surface area contributed by atoms with Crippen molar-refractivity contribution in [3.8, 4) is 22.9 Å². The van der Waals surface area contributed by atoms with E-state index in [1.165, 1.54) is 24.0 Å². The molecule has 4 N–H and O–H groups in total. The Balaban J connectivity index is 0.000000153. The zero-order valence-electron chi connectivity index (χ0n) is 29.1. The van der Waals surface area contributed by atoms with Crippen molar-refractivity contribution >= 4 is 34.1 Å². The number of aromatic nitrogens is 4. The summed E-state index contributed by atoms with van der Waals surface area (Å²) >= 11 is 0. The summed E-state index contributed by atoms with van der Waals surface area (Å²) < 4.78 is 11.6. The molecule has 4 aromatic heterocycles. The number of pyridine rings is 2. The minimum atomic E-state index is -0.942. The highest BCUT2D eigenvalue weighted by Crippen LogP contribution is 2.26. The van der Waals surface area contributed by atoms with Crippen molar-refractivity contribution in [1.82, 2.24) is 25.3 Å². The number of oxazole rings is 2. The Labute approximate surface area is 305 Å². The molecule has 0 fully saturated rings. The van der Waals surface area contributed by atoms with E-state index in [0.717, 1.165) is 50.0 Å². The number of aryl methyl sites for hydroxylation is 2. The van der Waals surface area contributed by atoms with Gasteiger partial charge in [0.1, 0.15) is 11.0 Å². The second-order valence-corrected chi connectivity index (χ2v) is 12.0. The molecule has 0 aliphatic heterocycles. The minimum Gasteiger partial charge on any atom is -0.478 e. The van der Waals surface area contributed by atoms with Gasteiger partial charge in [0.15, 0.2) is 11.2 Å². The number of nitrogens with two attached hydrogens (primary N) is 1. The van der Waals surface area contributed by atoms with Crippen molar-refractivity contribution in [3.05, 3.63) is 167 Å². The number of carbonyl (C=O) groups is 2. The highest BCUT2D eigenvalue weighted by atomic mass is 16.4. The molecule has 11 nitrogen and oxygen atoms in total. The molecule has 0 saturated carbocycles. The molecule has 0 aliphatic rings. The molecule has 8 rings (SSSR count). The number of carboxylic acids is 1. The predicted octanol–water partition coefficient (Wildman–Crippen LogP) is 8.17. The highest BCUT2D eigenvalue weighted by Gasteiger charge is 2.10. The lowest BCUT2D eigenvalue weighted by Crippen LogP contribution is -2.22. The first-order valence-corrected chi connectivity index (χ1v) is 16.7. The molecule has 0 unspecified atom stereocenters. The number of carbonyl (C=O) groups excluding carboxylic acids is 1. The molecule has 4 aromatic carbocycles. The van der Waals surface area contributed by atoms with Gasteiger partial charge in [-0.3, -0.25) is 14.8 Å². The number of nitrogens with zero attached hydrogens (tertiary/aromatic N) is 4. The zero-order chi connectivity index (χ0) is 37.2. The lowest BCUT2D eigenvalue weighted by molar-refractivity contribution is 0.0696. The summed E-state index contributed by atoms with van der Waals surface area (Å²) in [4.78, 5) is 38.8. The summed E-state index contributed by atoms with van der Waals surface area (Å²) in [6.07, 6.45) is 6.03. The molecule has 0 spiro atoms. The molecule has 4 heterocycles. The van der Waals surface area contributed by atoms with E-state index in [1.54, 1.807) is 30.6 Å². The van der Waals surface area contributed by atoms with Crippen molar-refractivity contribution in [1.29, 1.82) is 0 Å². The Morgan fingerprint density at radius 3 is 1.58 bits per heavy atom. The van der Waals surface area contributed by atoms with Crippen LogP contribution in [0.25, 0.3) is 45.1 Å². The predicted molar refractivity (Wildman–Crippen MR) is 203 cm³/mol. The van der Waals surface area contributed by atoms with Gasteiger partial charge < -0.3 is 25.0 Å². The Bertz CT molecular complexity index is 2440. The van der Waals surface area contributed by atoms with Crippen molar-refractivity contribution in [3.63, 3.8) is 0 Å². The smallest absolute Gasteiger partial charge is 0.337 e. The molecule has 264 valence electrons. The average Bonchev–Trinajstić information content (AvgIpc) is 3.82. The fraction of sp³-hybridized carbons (Fsp3) is 0.0952. The van der Waals surface area contributed by atoms with E-state index in [-0.39, 0.29) is 11.5 Å². The van der Waals surface area contributed by atoms with Gasteiger partial charge in [-0.25, -0.2) is 14.8 Å². The number of hydrogen-bond donors (Lipinski definition) is 3. The van der Waals surface area contributed by atoms with E-state index in [0.29, 0.717) is 30.4 Å². The first-order valence-electron chi connectivity index (χ1n) is 16.7. The average molecular weight is 705 g/mol. The zero-order valence-corrected chi connectivity index (χ0v) is 29.1. The maximum absolute atomic E-state index is 12.1. The second kappa shape index (κ2) is 16.8. The van der Waals surface area contributed by atoms with Crippen molar-refractivity contribution in [2.75, 3.05) is 0 Å². The molecule has 53 heavy (non-hydrogen) atoms. The maximum atomic E-state index is 12.1. The molecular formula is C42H36N6O5. The van der Waals surface area contributed by atoms with Crippen LogP contribution in [0.15, 0.2) is 143 Å². The van der Waals surface area contributed by atoms with E-state index in [4.69, 9.17) is 19.7 Å². The molecule has 0 radical (unpaired) electrons. The molecule has 0 saturated heterocycles. The van der Waals surface area contributed by atoms with E-state index >= 15 is 0 Å². The van der Waals surface area contributed by atoms with Crippen molar-refractivity contribution in [2.24, 2.45) is 5.73 Å². The Morgan fingerprint density at radius 1 is 0.660 bits per heavy atom. The van der Waals surface area contributed by atoms with E-state index in [2.05, 4.69) is 25.3 Å². The van der Waals surface area contributed by atoms with E-state index < -0.39 is 5.97 Å². The van der Waals surface area contributed by atoms with Crippen LogP contribution in [-0.4, -0.2) is 36.9 Å². The summed E-state index contributed by atoms with van der Waals surface area (Å²) in [5.74, 6) is 0.162. The van der Waals surface area contributed by atoms with Crippen LogP contribution in [0, 0.1) is 13.8 Å². The van der Waals surface area contributed by atoms with Crippen LogP contribution in [-0.2, 0) is 13.1 Å². The Morgan fingerprint density at radius 2 is 1.15 bits per heavy atom. The normalized spacial score (nSPS) is 10.5.